The number of nitro benzene ring substituents is 1. The van der Waals surface area contributed by atoms with Crippen LogP contribution in [-0.4, -0.2) is 36.5 Å². The van der Waals surface area contributed by atoms with E-state index in [4.69, 9.17) is 4.74 Å². The van der Waals surface area contributed by atoms with Crippen molar-refractivity contribution in [3.8, 4) is 0 Å². The fourth-order valence-corrected chi connectivity index (χ4v) is 3.16. The standard InChI is InChI=1S/C20H20FN3O5/c21-15-6-2-3-7-16(15)22-19(25)13-29-20(26)14-8-9-17(18(12-14)24(27)28)23-10-4-1-5-11-23/h2-3,6-9,12H,1,4-5,10-11,13H2,(H,22,25). The van der Waals surface area contributed by atoms with Gasteiger partial charge in [-0.2, -0.15) is 0 Å². The van der Waals surface area contributed by atoms with Crippen LogP contribution in [0.15, 0.2) is 42.5 Å². The highest BCUT2D eigenvalue weighted by molar-refractivity contribution is 5.96. The highest BCUT2D eigenvalue weighted by Crippen LogP contribution is 2.31. The van der Waals surface area contributed by atoms with Crippen molar-refractivity contribution >= 4 is 28.9 Å². The Labute approximate surface area is 166 Å². The van der Waals surface area contributed by atoms with E-state index in [0.717, 1.165) is 38.4 Å². The predicted molar refractivity (Wildman–Crippen MR) is 104 cm³/mol. The van der Waals surface area contributed by atoms with Gasteiger partial charge in [-0.25, -0.2) is 9.18 Å². The van der Waals surface area contributed by atoms with Crippen LogP contribution in [-0.2, 0) is 9.53 Å². The maximum atomic E-state index is 13.5. The predicted octanol–water partition coefficient (Wildman–Crippen LogP) is 3.52. The summed E-state index contributed by atoms with van der Waals surface area (Å²) in [5.41, 5.74) is 0.215. The summed E-state index contributed by atoms with van der Waals surface area (Å²) in [7, 11) is 0. The van der Waals surface area contributed by atoms with Crippen molar-refractivity contribution in [3.63, 3.8) is 0 Å². The number of carbonyl (C=O) groups is 2. The highest BCUT2D eigenvalue weighted by Gasteiger charge is 2.23. The second-order valence-electron chi connectivity index (χ2n) is 6.61. The van der Waals surface area contributed by atoms with Gasteiger partial charge in [0.25, 0.3) is 11.6 Å². The number of ether oxygens (including phenoxy) is 1. The first kappa shape index (κ1) is 20.2. The normalized spacial score (nSPS) is 13.6. The summed E-state index contributed by atoms with van der Waals surface area (Å²) in [5.74, 6) is -2.21. The second kappa shape index (κ2) is 9.13. The largest absolute Gasteiger partial charge is 0.452 e. The molecule has 1 fully saturated rings. The van der Waals surface area contributed by atoms with E-state index < -0.39 is 29.2 Å². The molecule has 3 rings (SSSR count). The number of esters is 1. The lowest BCUT2D eigenvalue weighted by atomic mass is 10.1. The quantitative estimate of drug-likeness (QED) is 0.451. The van der Waals surface area contributed by atoms with E-state index in [2.05, 4.69) is 5.32 Å². The number of nitrogens with zero attached hydrogens (tertiary/aromatic N) is 2. The van der Waals surface area contributed by atoms with Gasteiger partial charge in [-0.3, -0.25) is 14.9 Å². The minimum Gasteiger partial charge on any atom is -0.452 e. The Bertz CT molecular complexity index is 928. The van der Waals surface area contributed by atoms with Gasteiger partial charge in [0.15, 0.2) is 6.61 Å². The zero-order chi connectivity index (χ0) is 20.8. The van der Waals surface area contributed by atoms with Crippen molar-refractivity contribution in [1.82, 2.24) is 0 Å². The number of para-hydroxylation sites is 1. The number of amides is 1. The molecule has 152 valence electrons. The van der Waals surface area contributed by atoms with Gasteiger partial charge in [-0.05, 0) is 43.5 Å². The van der Waals surface area contributed by atoms with Crippen LogP contribution in [0.5, 0.6) is 0 Å². The van der Waals surface area contributed by atoms with E-state index in [1.165, 1.54) is 30.3 Å². The topological polar surface area (TPSA) is 102 Å². The van der Waals surface area contributed by atoms with Crippen LogP contribution in [0.25, 0.3) is 0 Å². The van der Waals surface area contributed by atoms with Crippen LogP contribution in [0.3, 0.4) is 0 Å². The third kappa shape index (κ3) is 5.07. The van der Waals surface area contributed by atoms with Gasteiger partial charge >= 0.3 is 5.97 Å². The molecule has 0 radical (unpaired) electrons. The summed E-state index contributed by atoms with van der Waals surface area (Å²) < 4.78 is 18.4. The van der Waals surface area contributed by atoms with Gasteiger partial charge < -0.3 is 15.0 Å². The van der Waals surface area contributed by atoms with E-state index in [9.17, 15) is 24.1 Å². The molecule has 2 aromatic carbocycles. The molecule has 0 unspecified atom stereocenters. The Balaban J connectivity index is 1.65. The summed E-state index contributed by atoms with van der Waals surface area (Å²) in [6.45, 7) is 0.802. The lowest BCUT2D eigenvalue weighted by molar-refractivity contribution is -0.384. The van der Waals surface area contributed by atoms with E-state index in [-0.39, 0.29) is 16.9 Å². The minimum absolute atomic E-state index is 0.0313. The lowest BCUT2D eigenvalue weighted by Gasteiger charge is -2.28. The molecule has 1 heterocycles. The maximum absolute atomic E-state index is 13.5. The van der Waals surface area contributed by atoms with Crippen LogP contribution in [0.1, 0.15) is 29.6 Å². The third-order valence-electron chi connectivity index (χ3n) is 4.59. The molecular formula is C20H20FN3O5. The SMILES string of the molecule is O=C(COC(=O)c1ccc(N2CCCCC2)c([N+](=O)[O-])c1)Nc1ccccc1F. The molecule has 8 nitrogen and oxygen atoms in total. The summed E-state index contributed by atoms with van der Waals surface area (Å²) >= 11 is 0. The summed E-state index contributed by atoms with van der Waals surface area (Å²) in [6.07, 6.45) is 3.00. The number of carbonyl (C=O) groups excluding carboxylic acids is 2. The van der Waals surface area contributed by atoms with Crippen LogP contribution in [0.2, 0.25) is 0 Å². The van der Waals surface area contributed by atoms with Gasteiger partial charge in [0.1, 0.15) is 11.5 Å². The molecule has 0 bridgehead atoms. The Hall–Kier alpha value is -3.49. The number of hydrogen-bond acceptors (Lipinski definition) is 6. The van der Waals surface area contributed by atoms with Crippen molar-refractivity contribution in [1.29, 1.82) is 0 Å². The van der Waals surface area contributed by atoms with E-state index in [1.807, 2.05) is 4.90 Å². The van der Waals surface area contributed by atoms with Crippen LogP contribution in [0, 0.1) is 15.9 Å². The van der Waals surface area contributed by atoms with Crippen molar-refractivity contribution in [3.05, 3.63) is 64.0 Å². The first-order chi connectivity index (χ1) is 14.0. The van der Waals surface area contributed by atoms with Crippen molar-refractivity contribution < 1.29 is 23.6 Å². The first-order valence-corrected chi connectivity index (χ1v) is 9.20. The molecule has 1 amide bonds. The van der Waals surface area contributed by atoms with Crippen molar-refractivity contribution in [2.75, 3.05) is 29.9 Å². The average Bonchev–Trinajstić information content (AvgIpc) is 2.74. The van der Waals surface area contributed by atoms with Gasteiger partial charge in [0.2, 0.25) is 0 Å². The molecule has 1 N–H and O–H groups in total. The zero-order valence-electron chi connectivity index (χ0n) is 15.6. The minimum atomic E-state index is -0.873. The van der Waals surface area contributed by atoms with Crippen LogP contribution >= 0.6 is 0 Å². The van der Waals surface area contributed by atoms with Crippen molar-refractivity contribution in [2.24, 2.45) is 0 Å². The number of nitro groups is 1. The number of rotatable bonds is 6. The molecule has 1 saturated heterocycles. The number of benzene rings is 2. The molecule has 1 aliphatic heterocycles. The number of nitrogens with one attached hydrogen (secondary N) is 1. The Morgan fingerprint density at radius 2 is 1.86 bits per heavy atom. The van der Waals surface area contributed by atoms with E-state index in [1.54, 1.807) is 6.07 Å². The van der Waals surface area contributed by atoms with Gasteiger partial charge in [0, 0.05) is 19.2 Å². The Morgan fingerprint density at radius 1 is 1.14 bits per heavy atom. The van der Waals surface area contributed by atoms with Gasteiger partial charge in [-0.1, -0.05) is 12.1 Å². The van der Waals surface area contributed by atoms with Crippen LogP contribution < -0.4 is 10.2 Å². The summed E-state index contributed by atoms with van der Waals surface area (Å²) in [6, 6.07) is 9.70. The number of anilines is 2. The van der Waals surface area contributed by atoms with Crippen molar-refractivity contribution in [2.45, 2.75) is 19.3 Å². The Morgan fingerprint density at radius 3 is 2.55 bits per heavy atom. The molecule has 0 aliphatic carbocycles. The maximum Gasteiger partial charge on any atom is 0.338 e. The molecule has 0 spiro atoms. The smallest absolute Gasteiger partial charge is 0.338 e. The fraction of sp³-hybridized carbons (Fsp3) is 0.300. The summed E-state index contributed by atoms with van der Waals surface area (Å²) in [5, 5.41) is 13.8. The fourth-order valence-electron chi connectivity index (χ4n) is 3.16. The molecule has 9 heteroatoms. The van der Waals surface area contributed by atoms with Gasteiger partial charge in [-0.15, -0.1) is 0 Å². The van der Waals surface area contributed by atoms with Gasteiger partial charge in [0.05, 0.1) is 16.2 Å². The first-order valence-electron chi connectivity index (χ1n) is 9.20. The third-order valence-corrected chi connectivity index (χ3v) is 4.59. The molecular weight excluding hydrogens is 381 g/mol. The second-order valence-corrected chi connectivity index (χ2v) is 6.61. The lowest BCUT2D eigenvalue weighted by Crippen LogP contribution is -2.30. The average molecular weight is 401 g/mol. The van der Waals surface area contributed by atoms with E-state index >= 15 is 0 Å². The number of piperidine rings is 1. The molecule has 0 saturated carbocycles. The molecule has 2 aromatic rings. The number of hydrogen-bond donors (Lipinski definition) is 1. The van der Waals surface area contributed by atoms with E-state index in [0.29, 0.717) is 5.69 Å². The molecule has 1 aliphatic rings. The molecule has 0 aromatic heterocycles. The monoisotopic (exact) mass is 401 g/mol. The molecule has 29 heavy (non-hydrogen) atoms. The number of halogens is 1. The summed E-state index contributed by atoms with van der Waals surface area (Å²) in [4.78, 5) is 36.9. The zero-order valence-corrected chi connectivity index (χ0v) is 15.6. The highest BCUT2D eigenvalue weighted by atomic mass is 19.1. The Kier molecular flexibility index (Phi) is 6.38. The molecule has 0 atom stereocenters. The van der Waals surface area contributed by atoms with Crippen LogP contribution in [0.4, 0.5) is 21.5 Å².